The smallest absolute Gasteiger partial charge is 0.242 e. The number of anilines is 2. The number of hydrogen-bond donors (Lipinski definition) is 0. The molecule has 2 amide bonds. The number of nitrogens with zero attached hydrogens (tertiary/aromatic N) is 5. The maximum absolute atomic E-state index is 13.0. The van der Waals surface area contributed by atoms with E-state index in [1.54, 1.807) is 23.4 Å². The summed E-state index contributed by atoms with van der Waals surface area (Å²) in [5.41, 5.74) is 2.36. The molecule has 2 aromatic rings. The van der Waals surface area contributed by atoms with E-state index in [0.717, 1.165) is 16.8 Å². The van der Waals surface area contributed by atoms with Crippen molar-refractivity contribution < 1.29 is 9.59 Å². The minimum absolute atomic E-state index is 0.0160. The van der Waals surface area contributed by atoms with Crippen LogP contribution in [-0.4, -0.2) is 59.4 Å². The highest BCUT2D eigenvalue weighted by atomic mass is 16.2. The zero-order valence-electron chi connectivity index (χ0n) is 16.6. The van der Waals surface area contributed by atoms with Crippen molar-refractivity contribution >= 4 is 23.5 Å². The van der Waals surface area contributed by atoms with Crippen molar-refractivity contribution in [1.29, 1.82) is 0 Å². The van der Waals surface area contributed by atoms with E-state index in [1.807, 2.05) is 37.8 Å². The van der Waals surface area contributed by atoms with Crippen molar-refractivity contribution in [3.63, 3.8) is 0 Å². The molecule has 146 valence electrons. The van der Waals surface area contributed by atoms with Gasteiger partial charge in [-0.3, -0.25) is 9.59 Å². The Bertz CT molecular complexity index is 904. The van der Waals surface area contributed by atoms with Gasteiger partial charge in [0, 0.05) is 44.3 Å². The number of aromatic nitrogens is 2. The summed E-state index contributed by atoms with van der Waals surface area (Å²) in [4.78, 5) is 40.0. The van der Waals surface area contributed by atoms with Gasteiger partial charge < -0.3 is 14.7 Å². The van der Waals surface area contributed by atoms with Crippen molar-refractivity contribution in [3.8, 4) is 0 Å². The van der Waals surface area contributed by atoms with Gasteiger partial charge in [-0.05, 0) is 38.5 Å². The maximum atomic E-state index is 13.0. The summed E-state index contributed by atoms with van der Waals surface area (Å²) in [5.74, 6) is 0.652. The number of carbonyl (C=O) groups excluding carboxylic acids is 2. The molecule has 2 aliphatic heterocycles. The predicted octanol–water partition coefficient (Wildman–Crippen LogP) is 1.76. The van der Waals surface area contributed by atoms with Crippen LogP contribution in [0.15, 0.2) is 36.7 Å². The molecule has 28 heavy (non-hydrogen) atoms. The summed E-state index contributed by atoms with van der Waals surface area (Å²) in [7, 11) is 0. The molecule has 3 heterocycles. The minimum Gasteiger partial charge on any atom is -0.338 e. The average Bonchev–Trinajstić information content (AvgIpc) is 2.89. The molecule has 0 atom stereocenters. The van der Waals surface area contributed by atoms with E-state index >= 15 is 0 Å². The van der Waals surface area contributed by atoms with Gasteiger partial charge in [-0.2, -0.15) is 0 Å². The van der Waals surface area contributed by atoms with Crippen LogP contribution in [0, 0.1) is 6.92 Å². The third kappa shape index (κ3) is 3.10. The zero-order chi connectivity index (χ0) is 19.9. The summed E-state index contributed by atoms with van der Waals surface area (Å²) in [5, 5.41) is 0. The molecule has 1 saturated heterocycles. The first-order valence-electron chi connectivity index (χ1n) is 9.61. The molecule has 0 N–H and O–H groups in total. The van der Waals surface area contributed by atoms with Gasteiger partial charge in [-0.25, -0.2) is 9.97 Å². The molecule has 0 bridgehead atoms. The Kier molecular flexibility index (Phi) is 4.53. The highest BCUT2D eigenvalue weighted by Gasteiger charge is 2.44. The Balaban J connectivity index is 1.44. The fourth-order valence-corrected chi connectivity index (χ4v) is 3.95. The lowest BCUT2D eigenvalue weighted by Gasteiger charge is -2.35. The fourth-order valence-electron chi connectivity index (χ4n) is 3.95. The first-order valence-corrected chi connectivity index (χ1v) is 9.61. The number of benzene rings is 1. The Morgan fingerprint density at radius 3 is 2.46 bits per heavy atom. The van der Waals surface area contributed by atoms with E-state index in [2.05, 4.69) is 20.9 Å². The summed E-state index contributed by atoms with van der Waals surface area (Å²) in [6.07, 6.45) is 3.44. The van der Waals surface area contributed by atoms with Crippen LogP contribution in [0.3, 0.4) is 0 Å². The molecule has 2 aliphatic rings. The SMILES string of the molecule is Cc1ccc2c(c1)C(C)(C)C(=O)N2CC(=O)N1CCN(c2ncccn2)CC1. The van der Waals surface area contributed by atoms with Crippen LogP contribution in [0.4, 0.5) is 11.6 Å². The molecule has 7 nitrogen and oxygen atoms in total. The largest absolute Gasteiger partial charge is 0.338 e. The fraction of sp³-hybridized carbons (Fsp3) is 0.429. The number of aryl methyl sites for hydroxylation is 1. The van der Waals surface area contributed by atoms with Crippen LogP contribution in [-0.2, 0) is 15.0 Å². The molecule has 0 aliphatic carbocycles. The Morgan fingerprint density at radius 2 is 1.79 bits per heavy atom. The van der Waals surface area contributed by atoms with Crippen LogP contribution in [0.5, 0.6) is 0 Å². The summed E-state index contributed by atoms with van der Waals surface area (Å²) >= 11 is 0. The number of rotatable bonds is 3. The standard InChI is InChI=1S/C21H25N5O2/c1-15-5-6-17-16(13-15)21(2,3)19(28)26(17)14-18(27)24-9-11-25(12-10-24)20-22-7-4-8-23-20/h4-8,13H,9-12,14H2,1-3H3. The highest BCUT2D eigenvalue weighted by Crippen LogP contribution is 2.41. The van der Waals surface area contributed by atoms with Gasteiger partial charge in [0.05, 0.1) is 5.41 Å². The third-order valence-corrected chi connectivity index (χ3v) is 5.66. The Hall–Kier alpha value is -2.96. The summed E-state index contributed by atoms with van der Waals surface area (Å²) < 4.78 is 0. The second-order valence-corrected chi connectivity index (χ2v) is 7.95. The van der Waals surface area contributed by atoms with Crippen molar-refractivity contribution in [3.05, 3.63) is 47.8 Å². The molecule has 1 aromatic heterocycles. The van der Waals surface area contributed by atoms with Gasteiger partial charge in [0.15, 0.2) is 0 Å². The normalized spacial score (nSPS) is 18.4. The first-order chi connectivity index (χ1) is 13.4. The topological polar surface area (TPSA) is 69.6 Å². The van der Waals surface area contributed by atoms with Gasteiger partial charge in [0.2, 0.25) is 17.8 Å². The average molecular weight is 379 g/mol. The van der Waals surface area contributed by atoms with E-state index in [9.17, 15) is 9.59 Å². The van der Waals surface area contributed by atoms with Crippen molar-refractivity contribution in [2.24, 2.45) is 0 Å². The number of hydrogen-bond acceptors (Lipinski definition) is 5. The monoisotopic (exact) mass is 379 g/mol. The van der Waals surface area contributed by atoms with Crippen molar-refractivity contribution in [1.82, 2.24) is 14.9 Å². The molecule has 0 unspecified atom stereocenters. The molecule has 0 spiro atoms. The molecular weight excluding hydrogens is 354 g/mol. The van der Waals surface area contributed by atoms with Gasteiger partial charge in [-0.1, -0.05) is 17.7 Å². The van der Waals surface area contributed by atoms with Crippen molar-refractivity contribution in [2.75, 3.05) is 42.5 Å². The van der Waals surface area contributed by atoms with Crippen LogP contribution in [0.2, 0.25) is 0 Å². The van der Waals surface area contributed by atoms with Gasteiger partial charge in [0.25, 0.3) is 0 Å². The number of amides is 2. The van der Waals surface area contributed by atoms with E-state index in [4.69, 9.17) is 0 Å². The Morgan fingerprint density at radius 1 is 1.11 bits per heavy atom. The van der Waals surface area contributed by atoms with E-state index in [1.165, 1.54) is 0 Å². The highest BCUT2D eigenvalue weighted by molar-refractivity contribution is 6.10. The molecule has 0 saturated carbocycles. The molecule has 7 heteroatoms. The van der Waals surface area contributed by atoms with Crippen LogP contribution in [0.25, 0.3) is 0 Å². The lowest BCUT2D eigenvalue weighted by Crippen LogP contribution is -2.52. The molecule has 1 aromatic carbocycles. The first kappa shape index (κ1) is 18.4. The Labute approximate surface area is 165 Å². The maximum Gasteiger partial charge on any atom is 0.242 e. The van der Waals surface area contributed by atoms with Crippen LogP contribution < -0.4 is 9.80 Å². The second-order valence-electron chi connectivity index (χ2n) is 7.95. The van der Waals surface area contributed by atoms with E-state index in [-0.39, 0.29) is 18.4 Å². The molecule has 0 radical (unpaired) electrons. The number of fused-ring (bicyclic) bond motifs is 1. The third-order valence-electron chi connectivity index (χ3n) is 5.66. The molecular formula is C21H25N5O2. The number of carbonyl (C=O) groups is 2. The number of piperazine rings is 1. The molecule has 4 rings (SSSR count). The van der Waals surface area contributed by atoms with Crippen molar-refractivity contribution in [2.45, 2.75) is 26.2 Å². The van der Waals surface area contributed by atoms with Gasteiger partial charge in [0.1, 0.15) is 6.54 Å². The molecule has 1 fully saturated rings. The lowest BCUT2D eigenvalue weighted by molar-refractivity contribution is -0.132. The van der Waals surface area contributed by atoms with Crippen LogP contribution >= 0.6 is 0 Å². The predicted molar refractivity (Wildman–Crippen MR) is 107 cm³/mol. The van der Waals surface area contributed by atoms with Gasteiger partial charge in [-0.15, -0.1) is 0 Å². The minimum atomic E-state index is -0.606. The van der Waals surface area contributed by atoms with Gasteiger partial charge >= 0.3 is 0 Å². The second kappa shape index (κ2) is 6.89. The van der Waals surface area contributed by atoms with E-state index < -0.39 is 5.41 Å². The summed E-state index contributed by atoms with van der Waals surface area (Å²) in [6.45, 7) is 8.53. The lowest BCUT2D eigenvalue weighted by atomic mass is 9.85. The van der Waals surface area contributed by atoms with Crippen LogP contribution in [0.1, 0.15) is 25.0 Å². The summed E-state index contributed by atoms with van der Waals surface area (Å²) in [6, 6.07) is 7.78. The zero-order valence-corrected chi connectivity index (χ0v) is 16.6. The van der Waals surface area contributed by atoms with E-state index in [0.29, 0.717) is 32.1 Å². The quantitative estimate of drug-likeness (QED) is 0.813.